The van der Waals surface area contributed by atoms with Crippen LogP contribution in [0.15, 0.2) is 48.5 Å². The van der Waals surface area contributed by atoms with E-state index in [0.29, 0.717) is 17.1 Å². The lowest BCUT2D eigenvalue weighted by Crippen LogP contribution is -2.43. The zero-order chi connectivity index (χ0) is 20.6. The second-order valence-electron chi connectivity index (χ2n) is 7.04. The molecule has 2 aromatic rings. The van der Waals surface area contributed by atoms with Crippen LogP contribution in [0.2, 0.25) is 0 Å². The van der Waals surface area contributed by atoms with Gasteiger partial charge in [0.1, 0.15) is 0 Å². The van der Waals surface area contributed by atoms with Gasteiger partial charge in [0.05, 0.1) is 19.8 Å². The highest BCUT2D eigenvalue weighted by Gasteiger charge is 2.27. The quantitative estimate of drug-likeness (QED) is 0.654. The van der Waals surface area contributed by atoms with Gasteiger partial charge in [0, 0.05) is 11.7 Å². The third-order valence-corrected chi connectivity index (χ3v) is 5.19. The van der Waals surface area contributed by atoms with Crippen LogP contribution in [0.1, 0.15) is 42.5 Å². The molecule has 0 saturated heterocycles. The average Bonchev–Trinajstić information content (AvgIpc) is 2.78. The fourth-order valence-electron chi connectivity index (χ4n) is 3.73. The van der Waals surface area contributed by atoms with E-state index in [1.165, 1.54) is 20.6 Å². The third-order valence-electron chi connectivity index (χ3n) is 5.19. The summed E-state index contributed by atoms with van der Waals surface area (Å²) in [6, 6.07) is 14.5. The van der Waals surface area contributed by atoms with Crippen molar-refractivity contribution >= 4 is 17.6 Å². The molecule has 2 aromatic carbocycles. The molecule has 1 amide bonds. The smallest absolute Gasteiger partial charge is 0.338 e. The molecular weight excluding hydrogens is 370 g/mol. The first-order chi connectivity index (χ1) is 14.1. The van der Waals surface area contributed by atoms with Crippen LogP contribution < -0.4 is 14.4 Å². The lowest BCUT2D eigenvalue weighted by Gasteiger charge is -2.34. The van der Waals surface area contributed by atoms with Gasteiger partial charge < -0.3 is 19.1 Å². The third kappa shape index (κ3) is 5.08. The number of rotatable bonds is 7. The summed E-state index contributed by atoms with van der Waals surface area (Å²) in [6.07, 6.45) is 5.33. The number of methoxy groups -OCH3 is 2. The number of benzene rings is 2. The van der Waals surface area contributed by atoms with Gasteiger partial charge >= 0.3 is 5.97 Å². The molecule has 6 nitrogen and oxygen atoms in total. The van der Waals surface area contributed by atoms with E-state index >= 15 is 0 Å². The first kappa shape index (κ1) is 20.7. The minimum Gasteiger partial charge on any atom is -0.493 e. The number of carbonyl (C=O) groups is 2. The molecule has 0 aromatic heterocycles. The summed E-state index contributed by atoms with van der Waals surface area (Å²) in [6.45, 7) is -0.307. The van der Waals surface area contributed by atoms with E-state index in [2.05, 4.69) is 0 Å². The van der Waals surface area contributed by atoms with Crippen LogP contribution in [-0.2, 0) is 9.53 Å². The van der Waals surface area contributed by atoms with Crippen molar-refractivity contribution in [3.05, 3.63) is 54.1 Å². The Morgan fingerprint density at radius 2 is 1.62 bits per heavy atom. The fourth-order valence-corrected chi connectivity index (χ4v) is 3.73. The van der Waals surface area contributed by atoms with Crippen molar-refractivity contribution in [2.24, 2.45) is 0 Å². The SMILES string of the molecule is COc1ccc(C(=O)OCC(=O)N(c2ccccc2)C2CCCCC2)cc1OC. The van der Waals surface area contributed by atoms with Crippen LogP contribution in [0.25, 0.3) is 0 Å². The van der Waals surface area contributed by atoms with Crippen molar-refractivity contribution in [3.8, 4) is 11.5 Å². The topological polar surface area (TPSA) is 65.1 Å². The van der Waals surface area contributed by atoms with Gasteiger partial charge in [-0.15, -0.1) is 0 Å². The van der Waals surface area contributed by atoms with Gasteiger partial charge in [-0.1, -0.05) is 37.5 Å². The highest BCUT2D eigenvalue weighted by molar-refractivity contribution is 5.97. The molecular formula is C23H27NO5. The van der Waals surface area contributed by atoms with Gasteiger partial charge in [-0.3, -0.25) is 4.79 Å². The molecule has 1 aliphatic rings. The summed E-state index contributed by atoms with van der Waals surface area (Å²) >= 11 is 0. The molecule has 154 valence electrons. The van der Waals surface area contributed by atoms with Gasteiger partial charge in [-0.25, -0.2) is 4.79 Å². The van der Waals surface area contributed by atoms with Crippen LogP contribution in [0, 0.1) is 0 Å². The summed E-state index contributed by atoms with van der Waals surface area (Å²) in [4.78, 5) is 27.3. The number of amides is 1. The molecule has 0 radical (unpaired) electrons. The van der Waals surface area contributed by atoms with E-state index in [1.54, 1.807) is 23.1 Å². The molecule has 1 fully saturated rings. The minimum atomic E-state index is -0.573. The Balaban J connectivity index is 1.70. The predicted octanol–water partition coefficient (Wildman–Crippen LogP) is 4.23. The maximum atomic E-state index is 13.0. The standard InChI is InChI=1S/C23H27NO5/c1-27-20-14-13-17(15-21(20)28-2)23(26)29-16-22(25)24(18-9-5-3-6-10-18)19-11-7-4-8-12-19/h3,5-6,9-10,13-15,19H,4,7-8,11-12,16H2,1-2H3. The van der Waals surface area contributed by atoms with Crippen molar-refractivity contribution in [3.63, 3.8) is 0 Å². The molecule has 0 spiro atoms. The van der Waals surface area contributed by atoms with E-state index in [0.717, 1.165) is 31.4 Å². The lowest BCUT2D eigenvalue weighted by atomic mass is 9.93. The van der Waals surface area contributed by atoms with Gasteiger partial charge in [-0.05, 0) is 43.2 Å². The minimum absolute atomic E-state index is 0.137. The molecule has 0 aliphatic heterocycles. The zero-order valence-electron chi connectivity index (χ0n) is 16.9. The van der Waals surface area contributed by atoms with E-state index in [1.807, 2.05) is 30.3 Å². The largest absolute Gasteiger partial charge is 0.493 e. The second-order valence-corrected chi connectivity index (χ2v) is 7.04. The number of ether oxygens (including phenoxy) is 3. The van der Waals surface area contributed by atoms with Crippen molar-refractivity contribution in [1.82, 2.24) is 0 Å². The lowest BCUT2D eigenvalue weighted by molar-refractivity contribution is -0.122. The monoisotopic (exact) mass is 397 g/mol. The fraction of sp³-hybridized carbons (Fsp3) is 0.391. The Morgan fingerprint density at radius 3 is 2.28 bits per heavy atom. The summed E-state index contributed by atoms with van der Waals surface area (Å²) in [5, 5.41) is 0. The Morgan fingerprint density at radius 1 is 0.931 bits per heavy atom. The van der Waals surface area contributed by atoms with Gasteiger partial charge in [-0.2, -0.15) is 0 Å². The van der Waals surface area contributed by atoms with Gasteiger partial charge in [0.25, 0.3) is 5.91 Å². The first-order valence-electron chi connectivity index (χ1n) is 9.90. The molecule has 0 unspecified atom stereocenters. The first-order valence-corrected chi connectivity index (χ1v) is 9.90. The van der Waals surface area contributed by atoms with E-state index < -0.39 is 5.97 Å². The summed E-state index contributed by atoms with van der Waals surface area (Å²) < 4.78 is 15.7. The highest BCUT2D eigenvalue weighted by atomic mass is 16.5. The number of carbonyl (C=O) groups excluding carboxylic acids is 2. The zero-order valence-corrected chi connectivity index (χ0v) is 16.9. The number of para-hydroxylation sites is 1. The van der Waals surface area contributed by atoms with E-state index in [-0.39, 0.29) is 18.6 Å². The molecule has 29 heavy (non-hydrogen) atoms. The van der Waals surface area contributed by atoms with Crippen molar-refractivity contribution < 1.29 is 23.8 Å². The summed E-state index contributed by atoms with van der Waals surface area (Å²) in [5.74, 6) is 0.168. The van der Waals surface area contributed by atoms with Crippen molar-refractivity contribution in [2.45, 2.75) is 38.1 Å². The van der Waals surface area contributed by atoms with Gasteiger partial charge in [0.2, 0.25) is 0 Å². The Kier molecular flexibility index (Phi) is 7.11. The maximum Gasteiger partial charge on any atom is 0.338 e. The Bertz CT molecular complexity index is 830. The molecule has 3 rings (SSSR count). The van der Waals surface area contributed by atoms with E-state index in [9.17, 15) is 9.59 Å². The highest BCUT2D eigenvalue weighted by Crippen LogP contribution is 2.29. The van der Waals surface area contributed by atoms with Crippen LogP contribution in [-0.4, -0.2) is 38.7 Å². The average molecular weight is 397 g/mol. The molecule has 1 aliphatic carbocycles. The molecule has 6 heteroatoms. The molecule has 0 atom stereocenters. The number of anilines is 1. The van der Waals surface area contributed by atoms with Crippen LogP contribution in [0.4, 0.5) is 5.69 Å². The van der Waals surface area contributed by atoms with E-state index in [4.69, 9.17) is 14.2 Å². The number of hydrogen-bond donors (Lipinski definition) is 0. The van der Waals surface area contributed by atoms with Crippen LogP contribution in [0.3, 0.4) is 0 Å². The molecule has 0 N–H and O–H groups in total. The van der Waals surface area contributed by atoms with Crippen molar-refractivity contribution in [2.75, 3.05) is 25.7 Å². The van der Waals surface area contributed by atoms with Crippen LogP contribution in [0.5, 0.6) is 11.5 Å². The predicted molar refractivity (Wildman–Crippen MR) is 111 cm³/mol. The second kappa shape index (κ2) is 9.96. The number of hydrogen-bond acceptors (Lipinski definition) is 5. The molecule has 0 heterocycles. The maximum absolute atomic E-state index is 13.0. The Labute approximate surface area is 171 Å². The molecule has 0 bridgehead atoms. The van der Waals surface area contributed by atoms with Crippen LogP contribution >= 0.6 is 0 Å². The van der Waals surface area contributed by atoms with Gasteiger partial charge in [0.15, 0.2) is 18.1 Å². The number of esters is 1. The van der Waals surface area contributed by atoms with Crippen molar-refractivity contribution in [1.29, 1.82) is 0 Å². The summed E-state index contributed by atoms with van der Waals surface area (Å²) in [5.41, 5.74) is 1.14. The normalized spacial score (nSPS) is 14.1. The molecule has 1 saturated carbocycles. The summed E-state index contributed by atoms with van der Waals surface area (Å²) in [7, 11) is 3.02. The Hall–Kier alpha value is -3.02. The number of nitrogens with zero attached hydrogens (tertiary/aromatic N) is 1.